The van der Waals surface area contributed by atoms with E-state index >= 15 is 0 Å². The van der Waals surface area contributed by atoms with Crippen molar-refractivity contribution in [3.63, 3.8) is 0 Å². The van der Waals surface area contributed by atoms with Gasteiger partial charge in [0.05, 0.1) is 7.11 Å². The van der Waals surface area contributed by atoms with Crippen LogP contribution in [0.4, 0.5) is 0 Å². The number of halogens is 1. The van der Waals surface area contributed by atoms with Crippen molar-refractivity contribution in [1.29, 1.82) is 0 Å². The Labute approximate surface area is 174 Å². The second kappa shape index (κ2) is 8.62. The van der Waals surface area contributed by atoms with Crippen LogP contribution in [0.15, 0.2) is 41.0 Å². The molecule has 0 N–H and O–H groups in total. The third-order valence-electron chi connectivity index (χ3n) is 5.69. The lowest BCUT2D eigenvalue weighted by atomic mass is 9.96. The predicted octanol–water partition coefficient (Wildman–Crippen LogP) is 5.17. The van der Waals surface area contributed by atoms with Crippen molar-refractivity contribution in [2.24, 2.45) is 5.92 Å². The van der Waals surface area contributed by atoms with E-state index in [-0.39, 0.29) is 5.92 Å². The Hall–Kier alpha value is -1.92. The highest BCUT2D eigenvalue weighted by molar-refractivity contribution is 9.10. The van der Waals surface area contributed by atoms with Crippen LogP contribution >= 0.6 is 15.9 Å². The van der Waals surface area contributed by atoms with E-state index in [0.717, 1.165) is 66.2 Å². The number of benzene rings is 1. The summed E-state index contributed by atoms with van der Waals surface area (Å²) in [6, 6.07) is 10.3. The van der Waals surface area contributed by atoms with Crippen LogP contribution in [-0.4, -0.2) is 34.9 Å². The maximum Gasteiger partial charge on any atom is 0.160 e. The molecular weight excluding hydrogens is 418 g/mol. The number of aryl methyl sites for hydroxylation is 1. The van der Waals surface area contributed by atoms with Crippen LogP contribution < -0.4 is 4.74 Å². The van der Waals surface area contributed by atoms with Gasteiger partial charge in [-0.15, -0.1) is 0 Å². The molecule has 3 heterocycles. The molecule has 0 amide bonds. The molecule has 1 aliphatic rings. The van der Waals surface area contributed by atoms with E-state index in [1.165, 1.54) is 5.56 Å². The van der Waals surface area contributed by atoms with E-state index in [1.54, 1.807) is 7.11 Å². The van der Waals surface area contributed by atoms with Crippen LogP contribution in [0.5, 0.6) is 5.75 Å². The number of aromatic nitrogens is 3. The Kier molecular flexibility index (Phi) is 5.97. The van der Waals surface area contributed by atoms with Crippen LogP contribution in [0.1, 0.15) is 43.5 Å². The van der Waals surface area contributed by atoms with Crippen molar-refractivity contribution in [2.45, 2.75) is 38.6 Å². The zero-order valence-electron chi connectivity index (χ0n) is 16.4. The summed E-state index contributed by atoms with van der Waals surface area (Å²) in [4.78, 5) is 9.65. The quantitative estimate of drug-likeness (QED) is 0.526. The van der Waals surface area contributed by atoms with Gasteiger partial charge < -0.3 is 14.0 Å². The molecule has 5 nitrogen and oxygen atoms in total. The lowest BCUT2D eigenvalue weighted by Crippen LogP contribution is -2.18. The molecule has 28 heavy (non-hydrogen) atoms. The minimum atomic E-state index is 0.175. The standard InChI is InChI=1S/C22H26BrN3O2/c1-15(17-3-5-19(27-2)6-4-17)21-25-20-13-18(23)14-24-22(20)26(21)10-7-16-8-11-28-12-9-16/h3-6,13-16H,7-12H2,1-2H3. The summed E-state index contributed by atoms with van der Waals surface area (Å²) in [6.07, 6.45) is 5.29. The number of nitrogens with zero attached hydrogens (tertiary/aromatic N) is 3. The van der Waals surface area contributed by atoms with Gasteiger partial charge in [0, 0.05) is 36.3 Å². The van der Waals surface area contributed by atoms with E-state index < -0.39 is 0 Å². The minimum absolute atomic E-state index is 0.175. The number of hydrogen-bond donors (Lipinski definition) is 0. The molecule has 1 unspecified atom stereocenters. The van der Waals surface area contributed by atoms with Gasteiger partial charge in [-0.3, -0.25) is 0 Å². The molecule has 0 spiro atoms. The smallest absolute Gasteiger partial charge is 0.160 e. The first-order valence-corrected chi connectivity index (χ1v) is 10.7. The number of fused-ring (bicyclic) bond motifs is 1. The topological polar surface area (TPSA) is 49.2 Å². The van der Waals surface area contributed by atoms with E-state index in [0.29, 0.717) is 5.92 Å². The first-order chi connectivity index (χ1) is 13.7. The molecular formula is C22H26BrN3O2. The van der Waals surface area contributed by atoms with E-state index in [2.05, 4.69) is 50.6 Å². The fraction of sp³-hybridized carbons (Fsp3) is 0.455. The van der Waals surface area contributed by atoms with Gasteiger partial charge in [0.15, 0.2) is 5.65 Å². The zero-order chi connectivity index (χ0) is 19.5. The summed E-state index contributed by atoms with van der Waals surface area (Å²) >= 11 is 3.53. The second-order valence-corrected chi connectivity index (χ2v) is 8.37. The molecule has 4 rings (SSSR count). The molecule has 0 radical (unpaired) electrons. The van der Waals surface area contributed by atoms with Crippen LogP contribution in [0.2, 0.25) is 0 Å². The Balaban J connectivity index is 1.66. The number of imidazole rings is 1. The average molecular weight is 444 g/mol. The normalized spacial score (nSPS) is 16.4. The maximum atomic E-state index is 5.51. The third-order valence-corrected chi connectivity index (χ3v) is 6.12. The Morgan fingerprint density at radius 2 is 2.00 bits per heavy atom. The molecule has 1 fully saturated rings. The van der Waals surface area contributed by atoms with Crippen LogP contribution in [-0.2, 0) is 11.3 Å². The summed E-state index contributed by atoms with van der Waals surface area (Å²) in [5.74, 6) is 2.83. The lowest BCUT2D eigenvalue weighted by molar-refractivity contribution is 0.0626. The molecule has 1 aromatic carbocycles. The summed E-state index contributed by atoms with van der Waals surface area (Å²) < 4.78 is 14.1. The van der Waals surface area contributed by atoms with E-state index in [1.807, 2.05) is 18.3 Å². The van der Waals surface area contributed by atoms with Crippen LogP contribution in [0, 0.1) is 5.92 Å². The minimum Gasteiger partial charge on any atom is -0.497 e. The molecule has 3 aromatic rings. The van der Waals surface area contributed by atoms with Gasteiger partial charge in [0.2, 0.25) is 0 Å². The van der Waals surface area contributed by atoms with E-state index in [4.69, 9.17) is 14.5 Å². The fourth-order valence-corrected chi connectivity index (χ4v) is 4.26. The summed E-state index contributed by atoms with van der Waals surface area (Å²) in [6.45, 7) is 4.92. The molecule has 148 valence electrons. The molecule has 1 atom stereocenters. The second-order valence-electron chi connectivity index (χ2n) is 7.46. The number of rotatable bonds is 6. The van der Waals surface area contributed by atoms with Crippen molar-refractivity contribution < 1.29 is 9.47 Å². The number of pyridine rings is 1. The Morgan fingerprint density at radius 3 is 2.71 bits per heavy atom. The van der Waals surface area contributed by atoms with Crippen LogP contribution in [0.25, 0.3) is 11.2 Å². The number of hydrogen-bond acceptors (Lipinski definition) is 4. The highest BCUT2D eigenvalue weighted by Gasteiger charge is 2.21. The van der Waals surface area contributed by atoms with Gasteiger partial charge in [0.1, 0.15) is 17.1 Å². The number of ether oxygens (including phenoxy) is 2. The van der Waals surface area contributed by atoms with Crippen molar-refractivity contribution in [3.8, 4) is 5.75 Å². The van der Waals surface area contributed by atoms with E-state index in [9.17, 15) is 0 Å². The molecule has 6 heteroatoms. The van der Waals surface area contributed by atoms with Gasteiger partial charge in [0.25, 0.3) is 0 Å². The first-order valence-electron chi connectivity index (χ1n) is 9.89. The van der Waals surface area contributed by atoms with Crippen molar-refractivity contribution in [1.82, 2.24) is 14.5 Å². The van der Waals surface area contributed by atoms with Gasteiger partial charge in [-0.1, -0.05) is 19.1 Å². The summed E-state index contributed by atoms with van der Waals surface area (Å²) in [5, 5.41) is 0. The van der Waals surface area contributed by atoms with Crippen LogP contribution in [0.3, 0.4) is 0 Å². The zero-order valence-corrected chi connectivity index (χ0v) is 18.0. The molecule has 1 saturated heterocycles. The van der Waals surface area contributed by atoms with Crippen molar-refractivity contribution >= 4 is 27.1 Å². The third kappa shape index (κ3) is 4.08. The molecule has 2 aromatic heterocycles. The molecule has 0 aliphatic carbocycles. The highest BCUT2D eigenvalue weighted by atomic mass is 79.9. The van der Waals surface area contributed by atoms with Gasteiger partial charge in [-0.25, -0.2) is 9.97 Å². The fourth-order valence-electron chi connectivity index (χ4n) is 3.94. The molecule has 1 aliphatic heterocycles. The summed E-state index contributed by atoms with van der Waals surface area (Å²) in [5.41, 5.74) is 3.13. The highest BCUT2D eigenvalue weighted by Crippen LogP contribution is 2.30. The predicted molar refractivity (Wildman–Crippen MR) is 114 cm³/mol. The summed E-state index contributed by atoms with van der Waals surface area (Å²) in [7, 11) is 1.69. The number of methoxy groups -OCH3 is 1. The van der Waals surface area contributed by atoms with Gasteiger partial charge in [-0.2, -0.15) is 0 Å². The van der Waals surface area contributed by atoms with Crippen molar-refractivity contribution in [2.75, 3.05) is 20.3 Å². The molecule has 0 saturated carbocycles. The Bertz CT molecular complexity index is 933. The van der Waals surface area contributed by atoms with Gasteiger partial charge in [-0.05, 0) is 64.9 Å². The maximum absolute atomic E-state index is 5.51. The Morgan fingerprint density at radius 1 is 1.25 bits per heavy atom. The average Bonchev–Trinajstić information content (AvgIpc) is 3.10. The largest absolute Gasteiger partial charge is 0.497 e. The SMILES string of the molecule is COc1ccc(C(C)c2nc3cc(Br)cnc3n2CCC2CCOCC2)cc1. The molecule has 0 bridgehead atoms. The van der Waals surface area contributed by atoms with Gasteiger partial charge >= 0.3 is 0 Å². The monoisotopic (exact) mass is 443 g/mol. The van der Waals surface area contributed by atoms with Crippen molar-refractivity contribution in [3.05, 3.63) is 52.4 Å². The lowest BCUT2D eigenvalue weighted by Gasteiger charge is -2.23. The first kappa shape index (κ1) is 19.4.